The Balaban J connectivity index is 1.80. The lowest BCUT2D eigenvalue weighted by Gasteiger charge is -2.19. The zero-order valence-corrected chi connectivity index (χ0v) is 18.8. The van der Waals surface area contributed by atoms with Crippen molar-refractivity contribution in [2.24, 2.45) is 0 Å². The predicted molar refractivity (Wildman–Crippen MR) is 125 cm³/mol. The summed E-state index contributed by atoms with van der Waals surface area (Å²) in [6.45, 7) is 7.53. The van der Waals surface area contributed by atoms with E-state index in [2.05, 4.69) is 23.5 Å². The van der Waals surface area contributed by atoms with Crippen LogP contribution in [0.5, 0.6) is 0 Å². The lowest BCUT2D eigenvalue weighted by molar-refractivity contribution is 0.102. The smallest absolute Gasteiger partial charge is 0.257 e. The Morgan fingerprint density at radius 1 is 1.17 bits per heavy atom. The van der Waals surface area contributed by atoms with Gasteiger partial charge >= 0.3 is 0 Å². The molecule has 9 heteroatoms. The first-order valence-corrected chi connectivity index (χ1v) is 12.5. The summed E-state index contributed by atoms with van der Waals surface area (Å²) in [6, 6.07) is 11.7. The second-order valence-electron chi connectivity index (χ2n) is 6.20. The van der Waals surface area contributed by atoms with Gasteiger partial charge in [0.25, 0.3) is 5.91 Å². The molecule has 0 bridgehead atoms. The number of benzene rings is 2. The van der Waals surface area contributed by atoms with Gasteiger partial charge in [-0.1, -0.05) is 29.6 Å². The van der Waals surface area contributed by atoms with Crippen LogP contribution in [0, 0.1) is 0 Å². The van der Waals surface area contributed by atoms with Crippen LogP contribution in [0.2, 0.25) is 0 Å². The first-order valence-electron chi connectivity index (χ1n) is 8.97. The molecule has 1 heterocycles. The molecule has 0 fully saturated rings. The molecule has 0 aliphatic rings. The molecule has 30 heavy (non-hydrogen) atoms. The number of rotatable bonds is 9. The molecule has 0 atom stereocenters. The van der Waals surface area contributed by atoms with Crippen LogP contribution < -0.4 is 5.32 Å². The number of thioether (sulfide) groups is 1. The lowest BCUT2D eigenvalue weighted by atomic mass is 10.2. The lowest BCUT2D eigenvalue weighted by Crippen LogP contribution is -2.31. The number of fused-ring (bicyclic) bond motifs is 1. The summed E-state index contributed by atoms with van der Waals surface area (Å²) < 4.78 is 27.8. The molecule has 1 aromatic heterocycles. The number of amides is 1. The third-order valence-corrected chi connectivity index (χ3v) is 7.79. The van der Waals surface area contributed by atoms with Crippen LogP contribution in [0.3, 0.4) is 0 Å². The zero-order valence-electron chi connectivity index (χ0n) is 16.4. The van der Waals surface area contributed by atoms with Gasteiger partial charge < -0.3 is 0 Å². The van der Waals surface area contributed by atoms with E-state index in [4.69, 9.17) is 0 Å². The van der Waals surface area contributed by atoms with E-state index in [1.165, 1.54) is 52.1 Å². The summed E-state index contributed by atoms with van der Waals surface area (Å²) in [7, 11) is -3.71. The van der Waals surface area contributed by atoms with E-state index in [1.807, 2.05) is 24.5 Å². The molecule has 0 saturated heterocycles. The van der Waals surface area contributed by atoms with Crippen LogP contribution in [-0.2, 0) is 10.0 Å². The molecule has 156 valence electrons. The summed E-state index contributed by atoms with van der Waals surface area (Å²) in [4.78, 5) is 18.3. The van der Waals surface area contributed by atoms with E-state index in [9.17, 15) is 13.2 Å². The van der Waals surface area contributed by atoms with Crippen LogP contribution in [0.1, 0.15) is 10.4 Å². The largest absolute Gasteiger partial charge is 0.298 e. The maximum Gasteiger partial charge on any atom is 0.257 e. The van der Waals surface area contributed by atoms with Gasteiger partial charge in [0.05, 0.1) is 15.1 Å². The van der Waals surface area contributed by atoms with Crippen molar-refractivity contribution >= 4 is 54.4 Å². The number of nitrogens with zero attached hydrogens (tertiary/aromatic N) is 2. The van der Waals surface area contributed by atoms with Crippen LogP contribution in [-0.4, -0.2) is 43.0 Å². The molecule has 0 aliphatic carbocycles. The number of carbonyl (C=O) groups is 1. The van der Waals surface area contributed by atoms with Crippen molar-refractivity contribution in [3.05, 3.63) is 73.3 Å². The average molecular weight is 460 g/mol. The number of carbonyl (C=O) groups excluding carboxylic acids is 1. The fourth-order valence-electron chi connectivity index (χ4n) is 2.80. The van der Waals surface area contributed by atoms with Crippen molar-refractivity contribution in [2.45, 2.75) is 9.79 Å². The number of sulfonamides is 1. The SMILES string of the molecule is C=CCN(CC=C)S(=O)(=O)c1ccc(C(=O)Nc2nc3c(SC)cccc3s2)cc1. The van der Waals surface area contributed by atoms with Gasteiger partial charge in [0.15, 0.2) is 5.13 Å². The van der Waals surface area contributed by atoms with Gasteiger partial charge in [-0.05, 0) is 42.7 Å². The Labute approximate surface area is 184 Å². The first kappa shape index (κ1) is 22.2. The number of thiazole rings is 1. The number of para-hydroxylation sites is 1. The molecule has 1 N–H and O–H groups in total. The standard InChI is InChI=1S/C21H21N3O3S3/c1-4-13-24(14-5-2)30(26,27)16-11-9-15(10-12-16)20(25)23-21-22-19-17(28-3)7-6-8-18(19)29-21/h4-12H,1-2,13-14H2,3H3,(H,22,23,25). The number of hydrogen-bond donors (Lipinski definition) is 1. The zero-order chi connectivity index (χ0) is 21.7. The van der Waals surface area contributed by atoms with Crippen LogP contribution >= 0.6 is 23.1 Å². The second kappa shape index (κ2) is 9.57. The van der Waals surface area contributed by atoms with E-state index in [-0.39, 0.29) is 23.9 Å². The summed E-state index contributed by atoms with van der Waals surface area (Å²) in [6.07, 6.45) is 5.01. The highest BCUT2D eigenvalue weighted by Crippen LogP contribution is 2.32. The molecule has 3 rings (SSSR count). The van der Waals surface area contributed by atoms with Crippen molar-refractivity contribution in [1.82, 2.24) is 9.29 Å². The van der Waals surface area contributed by atoms with E-state index in [0.29, 0.717) is 10.7 Å². The fraction of sp³-hybridized carbons (Fsp3) is 0.143. The summed E-state index contributed by atoms with van der Waals surface area (Å²) >= 11 is 2.99. The minimum atomic E-state index is -3.71. The molecule has 6 nitrogen and oxygen atoms in total. The molecule has 0 unspecified atom stereocenters. The minimum absolute atomic E-state index is 0.104. The molecule has 2 aromatic carbocycles. The van der Waals surface area contributed by atoms with Crippen LogP contribution in [0.25, 0.3) is 10.2 Å². The van der Waals surface area contributed by atoms with Gasteiger partial charge in [-0.2, -0.15) is 4.31 Å². The van der Waals surface area contributed by atoms with E-state index in [0.717, 1.165) is 15.1 Å². The Kier molecular flexibility index (Phi) is 7.09. The normalized spacial score (nSPS) is 11.5. The van der Waals surface area contributed by atoms with E-state index < -0.39 is 10.0 Å². The van der Waals surface area contributed by atoms with Gasteiger partial charge in [-0.25, -0.2) is 13.4 Å². The van der Waals surface area contributed by atoms with Gasteiger partial charge in [-0.15, -0.1) is 24.9 Å². The Morgan fingerprint density at radius 2 is 1.83 bits per heavy atom. The third kappa shape index (κ3) is 4.65. The molecule has 0 radical (unpaired) electrons. The van der Waals surface area contributed by atoms with Crippen molar-refractivity contribution in [3.63, 3.8) is 0 Å². The number of hydrogen-bond acceptors (Lipinski definition) is 6. The Hall–Kier alpha value is -2.46. The third-order valence-electron chi connectivity index (χ3n) is 4.24. The predicted octanol–water partition coefficient (Wildman–Crippen LogP) is 4.63. The second-order valence-corrected chi connectivity index (χ2v) is 10.0. The Bertz CT molecular complexity index is 1180. The summed E-state index contributed by atoms with van der Waals surface area (Å²) in [5, 5.41) is 3.29. The molecule has 0 aliphatic heterocycles. The molecule has 0 saturated carbocycles. The van der Waals surface area contributed by atoms with Crippen molar-refractivity contribution in [1.29, 1.82) is 0 Å². The van der Waals surface area contributed by atoms with Gasteiger partial charge in [-0.3, -0.25) is 10.1 Å². The highest BCUT2D eigenvalue weighted by Gasteiger charge is 2.22. The number of aromatic nitrogens is 1. The number of anilines is 1. The Morgan fingerprint density at radius 3 is 2.43 bits per heavy atom. The fourth-order valence-corrected chi connectivity index (χ4v) is 5.69. The quantitative estimate of drug-likeness (QED) is 0.373. The first-order chi connectivity index (χ1) is 14.4. The summed E-state index contributed by atoms with van der Waals surface area (Å²) in [5.74, 6) is -0.349. The van der Waals surface area contributed by atoms with Crippen LogP contribution in [0.4, 0.5) is 5.13 Å². The minimum Gasteiger partial charge on any atom is -0.298 e. The van der Waals surface area contributed by atoms with Crippen molar-refractivity contribution < 1.29 is 13.2 Å². The molecular formula is C21H21N3O3S3. The van der Waals surface area contributed by atoms with Crippen molar-refractivity contribution in [2.75, 3.05) is 24.7 Å². The molecule has 1 amide bonds. The van der Waals surface area contributed by atoms with E-state index >= 15 is 0 Å². The van der Waals surface area contributed by atoms with Gasteiger partial charge in [0.2, 0.25) is 10.0 Å². The molecule has 3 aromatic rings. The maximum atomic E-state index is 12.8. The highest BCUT2D eigenvalue weighted by atomic mass is 32.2. The molecular weight excluding hydrogens is 438 g/mol. The topological polar surface area (TPSA) is 79.4 Å². The molecule has 0 spiro atoms. The number of nitrogens with one attached hydrogen (secondary N) is 1. The maximum absolute atomic E-state index is 12.8. The summed E-state index contributed by atoms with van der Waals surface area (Å²) in [5.41, 5.74) is 1.20. The van der Waals surface area contributed by atoms with Gasteiger partial charge in [0, 0.05) is 23.5 Å². The highest BCUT2D eigenvalue weighted by molar-refractivity contribution is 7.98. The monoisotopic (exact) mass is 459 g/mol. The van der Waals surface area contributed by atoms with Crippen molar-refractivity contribution in [3.8, 4) is 0 Å². The van der Waals surface area contributed by atoms with E-state index in [1.54, 1.807) is 11.8 Å². The average Bonchev–Trinajstić information content (AvgIpc) is 3.16. The van der Waals surface area contributed by atoms with Gasteiger partial charge in [0.1, 0.15) is 0 Å². The van der Waals surface area contributed by atoms with Crippen LogP contribution in [0.15, 0.2) is 77.6 Å².